The second-order valence-corrected chi connectivity index (χ2v) is 9.04. The number of methoxy groups -OCH3 is 1. The summed E-state index contributed by atoms with van der Waals surface area (Å²) in [5.41, 5.74) is 1.16. The Labute approximate surface area is 188 Å². The molecule has 2 heterocycles. The van der Waals surface area contributed by atoms with Crippen molar-refractivity contribution in [2.45, 2.75) is 58.5 Å². The first-order valence-electron chi connectivity index (χ1n) is 11.3. The molecule has 8 nitrogen and oxygen atoms in total. The number of hydrogen-bond acceptors (Lipinski definition) is 4. The van der Waals surface area contributed by atoms with Gasteiger partial charge < -0.3 is 25.7 Å². The maximum Gasteiger partial charge on any atom is 0.268 e. The van der Waals surface area contributed by atoms with Crippen molar-refractivity contribution in [1.82, 2.24) is 20.9 Å². The van der Waals surface area contributed by atoms with E-state index in [0.29, 0.717) is 24.3 Å². The lowest BCUT2D eigenvalue weighted by Crippen LogP contribution is -2.50. The van der Waals surface area contributed by atoms with E-state index >= 15 is 0 Å². The summed E-state index contributed by atoms with van der Waals surface area (Å²) in [6, 6.07) is 6.45. The fraction of sp³-hybridized carbons (Fsp3) is 0.542. The fourth-order valence-electron chi connectivity index (χ4n) is 4.26. The minimum Gasteiger partial charge on any atom is -0.496 e. The van der Waals surface area contributed by atoms with Gasteiger partial charge in [0.15, 0.2) is 0 Å². The number of fused-ring (bicyclic) bond motifs is 1. The van der Waals surface area contributed by atoms with E-state index < -0.39 is 6.04 Å². The van der Waals surface area contributed by atoms with Gasteiger partial charge >= 0.3 is 0 Å². The number of piperidine rings is 1. The SMILES string of the molecule is COc1cccc2[nH]c(C(=O)N[C@@H](CC(C)C)C(=O)N[C@H](C)C[C@@H]3CCCNC3=O)cc12. The molecule has 174 valence electrons. The Kier molecular flexibility index (Phi) is 7.77. The maximum atomic E-state index is 13.0. The number of H-pyrrole nitrogens is 1. The standard InChI is InChI=1S/C24H34N4O4/c1-14(2)11-19(23(30)26-15(3)12-16-7-6-10-25-22(16)29)28-24(31)20-13-17-18(27-20)8-5-9-21(17)32-4/h5,8-9,13-16,19,27H,6-7,10-12H2,1-4H3,(H,25,29)(H,26,30)(H,28,31)/t15-,16+,19+/m1/s1. The first kappa shape index (κ1) is 23.6. The van der Waals surface area contributed by atoms with Crippen molar-refractivity contribution in [3.63, 3.8) is 0 Å². The molecule has 1 aromatic heterocycles. The molecular weight excluding hydrogens is 408 g/mol. The molecule has 0 unspecified atom stereocenters. The average molecular weight is 443 g/mol. The summed E-state index contributed by atoms with van der Waals surface area (Å²) >= 11 is 0. The van der Waals surface area contributed by atoms with Crippen molar-refractivity contribution in [3.05, 3.63) is 30.0 Å². The van der Waals surface area contributed by atoms with E-state index in [0.717, 1.165) is 30.3 Å². The smallest absolute Gasteiger partial charge is 0.268 e. The van der Waals surface area contributed by atoms with Crippen LogP contribution in [0.4, 0.5) is 0 Å². The van der Waals surface area contributed by atoms with E-state index in [1.807, 2.05) is 39.0 Å². The summed E-state index contributed by atoms with van der Waals surface area (Å²) in [5, 5.41) is 9.56. The van der Waals surface area contributed by atoms with Gasteiger partial charge in [-0.25, -0.2) is 0 Å². The molecule has 0 radical (unpaired) electrons. The van der Waals surface area contributed by atoms with Crippen LogP contribution in [0.3, 0.4) is 0 Å². The van der Waals surface area contributed by atoms with E-state index in [1.165, 1.54) is 0 Å². The highest BCUT2D eigenvalue weighted by Crippen LogP contribution is 2.26. The van der Waals surface area contributed by atoms with Gasteiger partial charge in [0.05, 0.1) is 7.11 Å². The summed E-state index contributed by atoms with van der Waals surface area (Å²) in [4.78, 5) is 41.1. The van der Waals surface area contributed by atoms with Gasteiger partial charge in [0, 0.05) is 29.4 Å². The van der Waals surface area contributed by atoms with E-state index in [4.69, 9.17) is 4.74 Å². The van der Waals surface area contributed by atoms with Crippen LogP contribution in [0.1, 0.15) is 56.9 Å². The molecule has 8 heteroatoms. The Balaban J connectivity index is 1.66. The normalized spacial score (nSPS) is 18.2. The topological polar surface area (TPSA) is 112 Å². The van der Waals surface area contributed by atoms with E-state index in [2.05, 4.69) is 20.9 Å². The lowest BCUT2D eigenvalue weighted by Gasteiger charge is -2.27. The summed E-state index contributed by atoms with van der Waals surface area (Å²) in [6.45, 7) is 6.64. The highest BCUT2D eigenvalue weighted by molar-refractivity contribution is 6.01. The maximum absolute atomic E-state index is 13.0. The van der Waals surface area contributed by atoms with E-state index in [-0.39, 0.29) is 35.6 Å². The van der Waals surface area contributed by atoms with E-state index in [9.17, 15) is 14.4 Å². The molecule has 3 atom stereocenters. The number of ether oxygens (including phenoxy) is 1. The van der Waals surface area contributed by atoms with Crippen molar-refractivity contribution in [2.75, 3.05) is 13.7 Å². The fourth-order valence-corrected chi connectivity index (χ4v) is 4.26. The molecule has 3 rings (SSSR count). The Hall–Kier alpha value is -3.03. The van der Waals surface area contributed by atoms with Crippen molar-refractivity contribution in [3.8, 4) is 5.75 Å². The third-order valence-corrected chi connectivity index (χ3v) is 5.84. The molecule has 1 aromatic carbocycles. The molecule has 1 saturated heterocycles. The Morgan fingerprint density at radius 2 is 2.00 bits per heavy atom. The Morgan fingerprint density at radius 3 is 2.69 bits per heavy atom. The lowest BCUT2D eigenvalue weighted by atomic mass is 9.92. The number of rotatable bonds is 9. The lowest BCUT2D eigenvalue weighted by molar-refractivity contribution is -0.128. The third kappa shape index (κ3) is 5.81. The highest BCUT2D eigenvalue weighted by atomic mass is 16.5. The van der Waals surface area contributed by atoms with Crippen LogP contribution in [0.5, 0.6) is 5.75 Å². The largest absolute Gasteiger partial charge is 0.496 e. The van der Waals surface area contributed by atoms with Gasteiger partial charge in [-0.15, -0.1) is 0 Å². The first-order valence-corrected chi connectivity index (χ1v) is 11.3. The van der Waals surface area contributed by atoms with Gasteiger partial charge in [0.2, 0.25) is 11.8 Å². The molecule has 1 aliphatic heterocycles. The van der Waals surface area contributed by atoms with Crippen molar-refractivity contribution in [2.24, 2.45) is 11.8 Å². The van der Waals surface area contributed by atoms with Crippen LogP contribution in [0, 0.1) is 11.8 Å². The zero-order valence-electron chi connectivity index (χ0n) is 19.3. The zero-order valence-corrected chi connectivity index (χ0v) is 19.3. The second-order valence-electron chi connectivity index (χ2n) is 9.04. The van der Waals surface area contributed by atoms with Gasteiger partial charge in [-0.1, -0.05) is 19.9 Å². The van der Waals surface area contributed by atoms with Crippen LogP contribution >= 0.6 is 0 Å². The molecule has 4 N–H and O–H groups in total. The Morgan fingerprint density at radius 1 is 1.22 bits per heavy atom. The van der Waals surface area contributed by atoms with Crippen LogP contribution in [-0.4, -0.2) is 48.4 Å². The third-order valence-electron chi connectivity index (χ3n) is 5.84. The van der Waals surface area contributed by atoms with Crippen molar-refractivity contribution < 1.29 is 19.1 Å². The number of benzene rings is 1. The van der Waals surface area contributed by atoms with Gasteiger partial charge in [0.25, 0.3) is 5.91 Å². The van der Waals surface area contributed by atoms with Crippen molar-refractivity contribution >= 4 is 28.6 Å². The summed E-state index contributed by atoms with van der Waals surface area (Å²) in [6.07, 6.45) is 2.89. The predicted molar refractivity (Wildman–Crippen MR) is 124 cm³/mol. The summed E-state index contributed by atoms with van der Waals surface area (Å²) in [5.74, 6) is 0.285. The van der Waals surface area contributed by atoms with Gasteiger partial charge in [-0.05, 0) is 56.7 Å². The van der Waals surface area contributed by atoms with Crippen molar-refractivity contribution in [1.29, 1.82) is 0 Å². The van der Waals surface area contributed by atoms with Crippen LogP contribution in [-0.2, 0) is 9.59 Å². The minimum absolute atomic E-state index is 0.0543. The molecule has 2 aromatic rings. The van der Waals surface area contributed by atoms with Gasteiger partial charge in [-0.3, -0.25) is 14.4 Å². The van der Waals surface area contributed by atoms with Crippen LogP contribution in [0.15, 0.2) is 24.3 Å². The number of nitrogens with one attached hydrogen (secondary N) is 4. The van der Waals surface area contributed by atoms with Gasteiger partial charge in [-0.2, -0.15) is 0 Å². The predicted octanol–water partition coefficient (Wildman–Crippen LogP) is 2.74. The monoisotopic (exact) mass is 442 g/mol. The molecule has 0 bridgehead atoms. The molecule has 3 amide bonds. The Bertz CT molecular complexity index is 968. The second kappa shape index (κ2) is 10.5. The minimum atomic E-state index is -0.668. The number of carbonyl (C=O) groups excluding carboxylic acids is 3. The number of hydrogen-bond donors (Lipinski definition) is 4. The van der Waals surface area contributed by atoms with Crippen LogP contribution in [0.2, 0.25) is 0 Å². The molecule has 1 aliphatic rings. The number of amides is 3. The van der Waals surface area contributed by atoms with Crippen LogP contribution in [0.25, 0.3) is 10.9 Å². The van der Waals surface area contributed by atoms with Crippen LogP contribution < -0.4 is 20.7 Å². The summed E-state index contributed by atoms with van der Waals surface area (Å²) in [7, 11) is 1.59. The molecular formula is C24H34N4O4. The summed E-state index contributed by atoms with van der Waals surface area (Å²) < 4.78 is 5.36. The molecule has 0 spiro atoms. The molecule has 0 saturated carbocycles. The quantitative estimate of drug-likeness (QED) is 0.478. The molecule has 1 fully saturated rings. The average Bonchev–Trinajstić information content (AvgIpc) is 3.19. The van der Waals surface area contributed by atoms with E-state index in [1.54, 1.807) is 13.2 Å². The number of carbonyl (C=O) groups is 3. The van der Waals surface area contributed by atoms with Gasteiger partial charge in [0.1, 0.15) is 17.5 Å². The molecule has 0 aliphatic carbocycles. The highest BCUT2D eigenvalue weighted by Gasteiger charge is 2.28. The number of aromatic amines is 1. The molecule has 32 heavy (non-hydrogen) atoms. The first-order chi connectivity index (χ1) is 15.3. The number of aromatic nitrogens is 1. The zero-order chi connectivity index (χ0) is 23.3.